The van der Waals surface area contributed by atoms with Gasteiger partial charge >= 0.3 is 5.97 Å². The maximum Gasteiger partial charge on any atom is 0.331 e. The van der Waals surface area contributed by atoms with Crippen LogP contribution in [0.4, 0.5) is 0 Å². The second kappa shape index (κ2) is 5.26. The van der Waals surface area contributed by atoms with E-state index in [4.69, 9.17) is 5.11 Å². The Balaban J connectivity index is 2.76. The van der Waals surface area contributed by atoms with Gasteiger partial charge in [0.2, 0.25) is 5.91 Å². The Morgan fingerprint density at radius 1 is 1.62 bits per heavy atom. The molecule has 0 aromatic carbocycles. The minimum Gasteiger partial charge on any atom is -0.479 e. The van der Waals surface area contributed by atoms with Crippen molar-refractivity contribution in [3.05, 3.63) is 18.0 Å². The molecule has 1 aromatic heterocycles. The zero-order chi connectivity index (χ0) is 12.1. The van der Waals surface area contributed by atoms with E-state index in [-0.39, 0.29) is 12.5 Å². The fraction of sp³-hybridized carbons (Fsp3) is 0.444. The van der Waals surface area contributed by atoms with Crippen molar-refractivity contribution in [3.63, 3.8) is 0 Å². The number of aryl methyl sites for hydroxylation is 1. The lowest BCUT2D eigenvalue weighted by atomic mass is 10.1. The number of carbonyl (C=O) groups is 2. The van der Waals surface area contributed by atoms with Crippen molar-refractivity contribution in [1.82, 2.24) is 20.4 Å². The molecule has 0 bridgehead atoms. The summed E-state index contributed by atoms with van der Waals surface area (Å²) in [5.74, 6) is -1.49. The fourth-order valence-electron chi connectivity index (χ4n) is 1.25. The van der Waals surface area contributed by atoms with Gasteiger partial charge in [-0.15, -0.1) is 0 Å². The second-order valence-corrected chi connectivity index (χ2v) is 3.32. The molecule has 0 fully saturated rings. The smallest absolute Gasteiger partial charge is 0.331 e. The van der Waals surface area contributed by atoms with Gasteiger partial charge in [-0.1, -0.05) is 0 Å². The molecule has 0 saturated carbocycles. The van der Waals surface area contributed by atoms with E-state index in [0.717, 1.165) is 0 Å². The molecule has 0 saturated heterocycles. The van der Waals surface area contributed by atoms with Crippen LogP contribution in [0.5, 0.6) is 0 Å². The van der Waals surface area contributed by atoms with Crippen molar-refractivity contribution >= 4 is 11.9 Å². The SMILES string of the molecule is CNCC(=O)NC(C(=O)O)c1cnn(C)c1. The molecule has 1 rings (SSSR count). The highest BCUT2D eigenvalue weighted by Gasteiger charge is 2.22. The first-order chi connectivity index (χ1) is 7.54. The Morgan fingerprint density at radius 3 is 2.75 bits per heavy atom. The number of rotatable bonds is 5. The highest BCUT2D eigenvalue weighted by Crippen LogP contribution is 2.11. The Bertz CT molecular complexity index is 388. The highest BCUT2D eigenvalue weighted by atomic mass is 16.4. The molecule has 1 amide bonds. The third-order valence-electron chi connectivity index (χ3n) is 1.95. The normalized spacial score (nSPS) is 12.1. The van der Waals surface area contributed by atoms with Crippen LogP contribution in [-0.2, 0) is 16.6 Å². The molecule has 3 N–H and O–H groups in total. The van der Waals surface area contributed by atoms with Gasteiger partial charge < -0.3 is 15.7 Å². The lowest BCUT2D eigenvalue weighted by Gasteiger charge is -2.12. The van der Waals surface area contributed by atoms with Crippen LogP contribution >= 0.6 is 0 Å². The number of hydrogen-bond donors (Lipinski definition) is 3. The van der Waals surface area contributed by atoms with Gasteiger partial charge in [0.15, 0.2) is 6.04 Å². The van der Waals surface area contributed by atoms with Gasteiger partial charge in [-0.2, -0.15) is 5.10 Å². The molecule has 7 nitrogen and oxygen atoms in total. The van der Waals surface area contributed by atoms with Crippen LogP contribution in [0, 0.1) is 0 Å². The standard InChI is InChI=1S/C9H14N4O3/c1-10-4-7(14)12-8(9(15)16)6-3-11-13(2)5-6/h3,5,8,10H,4H2,1-2H3,(H,12,14)(H,15,16). The van der Waals surface area contributed by atoms with E-state index >= 15 is 0 Å². The van der Waals surface area contributed by atoms with Crippen molar-refractivity contribution in [1.29, 1.82) is 0 Å². The van der Waals surface area contributed by atoms with E-state index < -0.39 is 12.0 Å². The number of hydrogen-bond acceptors (Lipinski definition) is 4. The van der Waals surface area contributed by atoms with Crippen LogP contribution in [-0.4, -0.2) is 40.4 Å². The summed E-state index contributed by atoms with van der Waals surface area (Å²) in [4.78, 5) is 22.3. The van der Waals surface area contributed by atoms with Gasteiger partial charge in [-0.05, 0) is 7.05 Å². The highest BCUT2D eigenvalue weighted by molar-refractivity contribution is 5.85. The Morgan fingerprint density at radius 2 is 2.31 bits per heavy atom. The summed E-state index contributed by atoms with van der Waals surface area (Å²) in [7, 11) is 3.29. The monoisotopic (exact) mass is 226 g/mol. The van der Waals surface area contributed by atoms with E-state index in [2.05, 4.69) is 15.7 Å². The first-order valence-electron chi connectivity index (χ1n) is 4.70. The Hall–Kier alpha value is -1.89. The third-order valence-corrected chi connectivity index (χ3v) is 1.95. The van der Waals surface area contributed by atoms with Crippen LogP contribution in [0.15, 0.2) is 12.4 Å². The fourth-order valence-corrected chi connectivity index (χ4v) is 1.25. The topological polar surface area (TPSA) is 96.2 Å². The number of aliphatic carboxylic acids is 1. The summed E-state index contributed by atoms with van der Waals surface area (Å²) >= 11 is 0. The van der Waals surface area contributed by atoms with Gasteiger partial charge in [0.25, 0.3) is 0 Å². The van der Waals surface area contributed by atoms with Crippen LogP contribution in [0.2, 0.25) is 0 Å². The van der Waals surface area contributed by atoms with E-state index in [1.165, 1.54) is 10.9 Å². The maximum absolute atomic E-state index is 11.3. The van der Waals surface area contributed by atoms with Crippen molar-refractivity contribution < 1.29 is 14.7 Å². The Labute approximate surface area is 92.4 Å². The minimum absolute atomic E-state index is 0.0735. The average Bonchev–Trinajstić information content (AvgIpc) is 2.61. The predicted molar refractivity (Wildman–Crippen MR) is 55.7 cm³/mol. The molecule has 7 heteroatoms. The molecule has 1 aromatic rings. The summed E-state index contributed by atoms with van der Waals surface area (Å²) < 4.78 is 1.48. The van der Waals surface area contributed by atoms with Crippen molar-refractivity contribution in [2.24, 2.45) is 7.05 Å². The minimum atomic E-state index is -1.11. The summed E-state index contributed by atoms with van der Waals surface area (Å²) in [6.45, 7) is 0.0735. The third kappa shape index (κ3) is 3.06. The van der Waals surface area contributed by atoms with Crippen LogP contribution in [0.3, 0.4) is 0 Å². The van der Waals surface area contributed by atoms with Crippen molar-refractivity contribution in [2.75, 3.05) is 13.6 Å². The number of aromatic nitrogens is 2. The van der Waals surface area contributed by atoms with E-state index in [1.807, 2.05) is 0 Å². The number of nitrogens with one attached hydrogen (secondary N) is 2. The largest absolute Gasteiger partial charge is 0.479 e. The number of carboxylic acid groups (broad SMARTS) is 1. The summed E-state index contributed by atoms with van der Waals surface area (Å²) in [6, 6.07) is -1.06. The molecule has 1 atom stereocenters. The zero-order valence-electron chi connectivity index (χ0n) is 9.10. The lowest BCUT2D eigenvalue weighted by molar-refractivity contribution is -0.141. The lowest BCUT2D eigenvalue weighted by Crippen LogP contribution is -2.38. The van der Waals surface area contributed by atoms with Crippen molar-refractivity contribution in [3.8, 4) is 0 Å². The zero-order valence-corrected chi connectivity index (χ0v) is 9.10. The molecule has 16 heavy (non-hydrogen) atoms. The Kier molecular flexibility index (Phi) is 4.01. The molecule has 0 aliphatic rings. The molecule has 1 heterocycles. The second-order valence-electron chi connectivity index (χ2n) is 3.32. The van der Waals surface area contributed by atoms with E-state index in [0.29, 0.717) is 5.56 Å². The van der Waals surface area contributed by atoms with Gasteiger partial charge in [0, 0.05) is 18.8 Å². The molecular weight excluding hydrogens is 212 g/mol. The van der Waals surface area contributed by atoms with Gasteiger partial charge in [0.05, 0.1) is 12.7 Å². The van der Waals surface area contributed by atoms with Crippen molar-refractivity contribution in [2.45, 2.75) is 6.04 Å². The first-order valence-corrected chi connectivity index (χ1v) is 4.70. The van der Waals surface area contributed by atoms with Crippen LogP contribution in [0.25, 0.3) is 0 Å². The molecule has 88 valence electrons. The summed E-state index contributed by atoms with van der Waals surface area (Å²) in [5, 5.41) is 17.9. The molecule has 0 radical (unpaired) electrons. The number of nitrogens with zero attached hydrogens (tertiary/aromatic N) is 2. The first kappa shape index (κ1) is 12.2. The van der Waals surface area contributed by atoms with Gasteiger partial charge in [-0.3, -0.25) is 9.48 Å². The van der Waals surface area contributed by atoms with Gasteiger partial charge in [0.1, 0.15) is 0 Å². The van der Waals surface area contributed by atoms with Crippen LogP contribution < -0.4 is 10.6 Å². The summed E-state index contributed by atoms with van der Waals surface area (Å²) in [6.07, 6.45) is 2.97. The molecule has 0 aliphatic carbocycles. The van der Waals surface area contributed by atoms with E-state index in [9.17, 15) is 9.59 Å². The average molecular weight is 226 g/mol. The molecule has 0 spiro atoms. The number of carbonyl (C=O) groups excluding carboxylic acids is 1. The molecular formula is C9H14N4O3. The van der Waals surface area contributed by atoms with E-state index in [1.54, 1.807) is 20.3 Å². The maximum atomic E-state index is 11.3. The number of carboxylic acids is 1. The van der Waals surface area contributed by atoms with Gasteiger partial charge in [-0.25, -0.2) is 4.79 Å². The molecule has 1 unspecified atom stereocenters. The predicted octanol–water partition coefficient (Wildman–Crippen LogP) is -1.12. The van der Waals surface area contributed by atoms with Crippen LogP contribution in [0.1, 0.15) is 11.6 Å². The quantitative estimate of drug-likeness (QED) is 0.591. The number of amides is 1. The number of likely N-dealkylation sites (N-methyl/N-ethyl adjacent to an activating group) is 1. The molecule has 0 aliphatic heterocycles. The summed E-state index contributed by atoms with van der Waals surface area (Å²) in [5.41, 5.74) is 0.444.